The monoisotopic (exact) mass is 307 g/mol. The van der Waals surface area contributed by atoms with Crippen LogP contribution in [0.2, 0.25) is 0 Å². The molecule has 0 unspecified atom stereocenters. The molecule has 5 nitrogen and oxygen atoms in total. The van der Waals surface area contributed by atoms with E-state index in [1.165, 1.54) is 25.7 Å². The van der Waals surface area contributed by atoms with E-state index in [0.29, 0.717) is 19.0 Å². The maximum absolute atomic E-state index is 5.45. The number of halogens is 2. The SMILES string of the molecule is Cl.Cl.NCCNc1nccc(N2CCCCCC2)n1. The van der Waals surface area contributed by atoms with E-state index in [9.17, 15) is 0 Å². The standard InChI is InChI=1S/C12H21N5.2ClH/c13-6-8-15-12-14-7-5-11(16-12)17-9-3-1-2-4-10-17;;/h5,7H,1-4,6,8-10,13H2,(H,14,15,16);2*1H. The maximum Gasteiger partial charge on any atom is 0.224 e. The summed E-state index contributed by atoms with van der Waals surface area (Å²) in [4.78, 5) is 11.1. The second-order valence-corrected chi connectivity index (χ2v) is 4.36. The summed E-state index contributed by atoms with van der Waals surface area (Å²) in [5.41, 5.74) is 5.45. The number of hydrogen-bond donors (Lipinski definition) is 2. The van der Waals surface area contributed by atoms with Gasteiger partial charge in [0.2, 0.25) is 5.95 Å². The van der Waals surface area contributed by atoms with Gasteiger partial charge >= 0.3 is 0 Å². The molecule has 0 bridgehead atoms. The Labute approximate surface area is 127 Å². The molecule has 1 aromatic heterocycles. The molecule has 0 saturated carbocycles. The van der Waals surface area contributed by atoms with Crippen LogP contribution in [0.4, 0.5) is 11.8 Å². The minimum absolute atomic E-state index is 0. The van der Waals surface area contributed by atoms with E-state index < -0.39 is 0 Å². The van der Waals surface area contributed by atoms with E-state index in [4.69, 9.17) is 5.73 Å². The molecule has 1 aliphatic rings. The Morgan fingerprint density at radius 1 is 1.16 bits per heavy atom. The van der Waals surface area contributed by atoms with E-state index in [-0.39, 0.29) is 24.8 Å². The van der Waals surface area contributed by atoms with Crippen molar-refractivity contribution in [3.63, 3.8) is 0 Å². The van der Waals surface area contributed by atoms with Gasteiger partial charge in [-0.05, 0) is 18.9 Å². The summed E-state index contributed by atoms with van der Waals surface area (Å²) in [5, 5.41) is 3.12. The third-order valence-corrected chi connectivity index (χ3v) is 3.00. The molecular weight excluding hydrogens is 285 g/mol. The highest BCUT2D eigenvalue weighted by atomic mass is 35.5. The van der Waals surface area contributed by atoms with E-state index in [1.54, 1.807) is 0 Å². The maximum atomic E-state index is 5.45. The van der Waals surface area contributed by atoms with Gasteiger partial charge in [0, 0.05) is 32.4 Å². The van der Waals surface area contributed by atoms with Gasteiger partial charge in [0.05, 0.1) is 0 Å². The van der Waals surface area contributed by atoms with Gasteiger partial charge in [-0.3, -0.25) is 0 Å². The van der Waals surface area contributed by atoms with Crippen LogP contribution in [0.3, 0.4) is 0 Å². The Balaban J connectivity index is 0.00000162. The second kappa shape index (κ2) is 10.1. The number of nitrogens with two attached hydrogens (primary N) is 1. The summed E-state index contributed by atoms with van der Waals surface area (Å²) in [5.74, 6) is 1.71. The largest absolute Gasteiger partial charge is 0.356 e. The summed E-state index contributed by atoms with van der Waals surface area (Å²) in [7, 11) is 0. The summed E-state index contributed by atoms with van der Waals surface area (Å²) in [6, 6.07) is 1.99. The number of hydrogen-bond acceptors (Lipinski definition) is 5. The van der Waals surface area contributed by atoms with Crippen LogP contribution in [0.15, 0.2) is 12.3 Å². The minimum atomic E-state index is 0. The normalized spacial score (nSPS) is 14.9. The smallest absolute Gasteiger partial charge is 0.224 e. The molecule has 19 heavy (non-hydrogen) atoms. The van der Waals surface area contributed by atoms with Crippen LogP contribution in [-0.4, -0.2) is 36.1 Å². The Morgan fingerprint density at radius 2 is 1.84 bits per heavy atom. The Hall–Kier alpha value is -0.780. The Bertz CT molecular complexity index is 343. The Kier molecular flexibility index (Phi) is 9.65. The first kappa shape index (κ1) is 18.2. The number of anilines is 2. The van der Waals surface area contributed by atoms with Gasteiger partial charge < -0.3 is 16.0 Å². The van der Waals surface area contributed by atoms with Crippen molar-refractivity contribution < 1.29 is 0 Å². The van der Waals surface area contributed by atoms with Gasteiger partial charge in [-0.1, -0.05) is 12.8 Å². The van der Waals surface area contributed by atoms with Crippen molar-refractivity contribution in [3.05, 3.63) is 12.3 Å². The number of nitrogens with zero attached hydrogens (tertiary/aromatic N) is 3. The number of nitrogens with one attached hydrogen (secondary N) is 1. The van der Waals surface area contributed by atoms with Crippen LogP contribution >= 0.6 is 24.8 Å². The zero-order chi connectivity index (χ0) is 11.9. The van der Waals surface area contributed by atoms with Crippen molar-refractivity contribution in [2.45, 2.75) is 25.7 Å². The van der Waals surface area contributed by atoms with Crippen molar-refractivity contribution in [2.75, 3.05) is 36.4 Å². The first-order chi connectivity index (χ1) is 8.40. The lowest BCUT2D eigenvalue weighted by Gasteiger charge is -2.21. The van der Waals surface area contributed by atoms with Gasteiger partial charge in [0.1, 0.15) is 5.82 Å². The Morgan fingerprint density at radius 3 is 2.47 bits per heavy atom. The molecule has 0 atom stereocenters. The summed E-state index contributed by atoms with van der Waals surface area (Å²) in [6.45, 7) is 3.52. The molecule has 2 rings (SSSR count). The predicted octanol–water partition coefficient (Wildman–Crippen LogP) is 2.07. The van der Waals surface area contributed by atoms with Crippen LogP contribution in [0.1, 0.15) is 25.7 Å². The van der Waals surface area contributed by atoms with Gasteiger partial charge in [-0.15, -0.1) is 24.8 Å². The van der Waals surface area contributed by atoms with E-state index in [2.05, 4.69) is 20.2 Å². The topological polar surface area (TPSA) is 67.1 Å². The van der Waals surface area contributed by atoms with Crippen LogP contribution in [0, 0.1) is 0 Å². The highest BCUT2D eigenvalue weighted by Crippen LogP contribution is 2.17. The fraction of sp³-hybridized carbons (Fsp3) is 0.667. The lowest BCUT2D eigenvalue weighted by atomic mass is 10.2. The molecule has 1 aromatic rings. The average molecular weight is 308 g/mol. The lowest BCUT2D eigenvalue weighted by molar-refractivity contribution is 0.726. The molecule has 1 saturated heterocycles. The predicted molar refractivity (Wildman–Crippen MR) is 84.8 cm³/mol. The van der Waals surface area contributed by atoms with Crippen LogP contribution in [0.5, 0.6) is 0 Å². The fourth-order valence-electron chi connectivity index (χ4n) is 2.09. The van der Waals surface area contributed by atoms with Crippen molar-refractivity contribution >= 4 is 36.6 Å². The highest BCUT2D eigenvalue weighted by molar-refractivity contribution is 5.85. The average Bonchev–Trinajstić information content (AvgIpc) is 2.65. The molecule has 0 radical (unpaired) electrons. The summed E-state index contributed by atoms with van der Waals surface area (Å²) >= 11 is 0. The molecule has 110 valence electrons. The quantitative estimate of drug-likeness (QED) is 0.891. The molecule has 1 aliphatic heterocycles. The molecular formula is C12H23Cl2N5. The lowest BCUT2D eigenvalue weighted by Crippen LogP contribution is -2.25. The molecule has 1 fully saturated rings. The number of rotatable bonds is 4. The fourth-order valence-corrected chi connectivity index (χ4v) is 2.09. The van der Waals surface area contributed by atoms with E-state index >= 15 is 0 Å². The zero-order valence-corrected chi connectivity index (χ0v) is 12.7. The molecule has 0 aromatic carbocycles. The van der Waals surface area contributed by atoms with Gasteiger partial charge in [0.15, 0.2) is 0 Å². The second-order valence-electron chi connectivity index (χ2n) is 4.36. The van der Waals surface area contributed by atoms with Crippen molar-refractivity contribution in [2.24, 2.45) is 5.73 Å². The highest BCUT2D eigenvalue weighted by Gasteiger charge is 2.11. The summed E-state index contributed by atoms with van der Waals surface area (Å²) in [6.07, 6.45) is 7.00. The molecule has 3 N–H and O–H groups in total. The van der Waals surface area contributed by atoms with Crippen LogP contribution in [0.25, 0.3) is 0 Å². The molecule has 0 spiro atoms. The van der Waals surface area contributed by atoms with E-state index in [0.717, 1.165) is 18.9 Å². The van der Waals surface area contributed by atoms with Crippen LogP contribution in [-0.2, 0) is 0 Å². The zero-order valence-electron chi connectivity index (χ0n) is 11.0. The first-order valence-corrected chi connectivity index (χ1v) is 6.42. The number of aromatic nitrogens is 2. The minimum Gasteiger partial charge on any atom is -0.356 e. The van der Waals surface area contributed by atoms with Crippen molar-refractivity contribution in [1.82, 2.24) is 9.97 Å². The molecule has 2 heterocycles. The van der Waals surface area contributed by atoms with E-state index in [1.807, 2.05) is 12.3 Å². The molecule has 0 aliphatic carbocycles. The molecule has 7 heteroatoms. The van der Waals surface area contributed by atoms with Crippen LogP contribution < -0.4 is 16.0 Å². The first-order valence-electron chi connectivity index (χ1n) is 6.42. The van der Waals surface area contributed by atoms with Gasteiger partial charge in [0.25, 0.3) is 0 Å². The molecule has 0 amide bonds. The third-order valence-electron chi connectivity index (χ3n) is 3.00. The third kappa shape index (κ3) is 5.80. The van der Waals surface area contributed by atoms with Gasteiger partial charge in [-0.25, -0.2) is 4.98 Å². The summed E-state index contributed by atoms with van der Waals surface area (Å²) < 4.78 is 0. The van der Waals surface area contributed by atoms with Crippen molar-refractivity contribution in [3.8, 4) is 0 Å². The van der Waals surface area contributed by atoms with Gasteiger partial charge in [-0.2, -0.15) is 4.98 Å². The van der Waals surface area contributed by atoms with Crippen molar-refractivity contribution in [1.29, 1.82) is 0 Å².